The topological polar surface area (TPSA) is 46.1 Å². The molecule has 0 atom stereocenters. The Hall–Kier alpha value is -1.59. The van der Waals surface area contributed by atoms with E-state index in [1.54, 1.807) is 7.05 Å². The molecule has 2 rings (SSSR count). The molecular weight excluding hydrogens is 290 g/mol. The summed E-state index contributed by atoms with van der Waals surface area (Å²) in [6, 6.07) is 10.2. The van der Waals surface area contributed by atoms with Crippen LogP contribution >= 0.6 is 0 Å². The van der Waals surface area contributed by atoms with E-state index < -0.39 is 0 Å². The van der Waals surface area contributed by atoms with Gasteiger partial charge in [0.05, 0.1) is 19.8 Å². The van der Waals surface area contributed by atoms with Crippen molar-refractivity contribution in [2.24, 2.45) is 10.9 Å². The number of ether oxygens (including phenoxy) is 2. The number of rotatable bonds is 10. The summed E-state index contributed by atoms with van der Waals surface area (Å²) < 4.78 is 11.3. The van der Waals surface area contributed by atoms with Gasteiger partial charge in [0.2, 0.25) is 0 Å². The molecule has 1 fully saturated rings. The van der Waals surface area contributed by atoms with Gasteiger partial charge in [0.15, 0.2) is 5.96 Å². The molecule has 23 heavy (non-hydrogen) atoms. The first-order valence-electron chi connectivity index (χ1n) is 8.41. The fourth-order valence-corrected chi connectivity index (χ4v) is 2.23. The number of likely N-dealkylation sites (N-methyl/N-ethyl adjacent to an activating group) is 1. The smallest absolute Gasteiger partial charge is 0.193 e. The highest BCUT2D eigenvalue weighted by atomic mass is 16.5. The van der Waals surface area contributed by atoms with Crippen LogP contribution in [0, 0.1) is 5.92 Å². The van der Waals surface area contributed by atoms with Crippen LogP contribution in [-0.2, 0) is 16.1 Å². The molecule has 1 aromatic carbocycles. The monoisotopic (exact) mass is 319 g/mol. The SMILES string of the molecule is CN=C(NCCOCc1ccccc1)N(C)CCOCC1CC1. The van der Waals surface area contributed by atoms with E-state index in [1.165, 1.54) is 18.4 Å². The molecule has 0 aromatic heterocycles. The van der Waals surface area contributed by atoms with Crippen molar-refractivity contribution in [1.29, 1.82) is 0 Å². The van der Waals surface area contributed by atoms with Crippen molar-refractivity contribution >= 4 is 5.96 Å². The van der Waals surface area contributed by atoms with Crippen molar-refractivity contribution in [2.45, 2.75) is 19.4 Å². The molecule has 0 aliphatic heterocycles. The lowest BCUT2D eigenvalue weighted by atomic mass is 10.2. The quantitative estimate of drug-likeness (QED) is 0.408. The average molecular weight is 319 g/mol. The van der Waals surface area contributed by atoms with Gasteiger partial charge in [0.1, 0.15) is 0 Å². The molecule has 0 radical (unpaired) electrons. The van der Waals surface area contributed by atoms with E-state index in [2.05, 4.69) is 27.3 Å². The molecule has 1 aliphatic rings. The summed E-state index contributed by atoms with van der Waals surface area (Å²) in [5.41, 5.74) is 1.20. The first-order valence-corrected chi connectivity index (χ1v) is 8.41. The van der Waals surface area contributed by atoms with Crippen molar-refractivity contribution in [3.63, 3.8) is 0 Å². The maximum absolute atomic E-state index is 5.67. The molecule has 1 aromatic rings. The maximum Gasteiger partial charge on any atom is 0.193 e. The van der Waals surface area contributed by atoms with Gasteiger partial charge in [-0.05, 0) is 24.3 Å². The van der Waals surface area contributed by atoms with Crippen LogP contribution in [0.25, 0.3) is 0 Å². The second-order valence-corrected chi connectivity index (χ2v) is 5.95. The number of nitrogens with one attached hydrogen (secondary N) is 1. The highest BCUT2D eigenvalue weighted by Crippen LogP contribution is 2.28. The second-order valence-electron chi connectivity index (χ2n) is 5.95. The molecule has 0 unspecified atom stereocenters. The predicted molar refractivity (Wildman–Crippen MR) is 93.6 cm³/mol. The fraction of sp³-hybridized carbons (Fsp3) is 0.611. The van der Waals surface area contributed by atoms with Crippen molar-refractivity contribution < 1.29 is 9.47 Å². The van der Waals surface area contributed by atoms with E-state index in [4.69, 9.17) is 9.47 Å². The van der Waals surface area contributed by atoms with Gasteiger partial charge < -0.3 is 19.7 Å². The molecule has 0 bridgehead atoms. The Labute approximate surface area is 139 Å². The maximum atomic E-state index is 5.67. The zero-order valence-electron chi connectivity index (χ0n) is 14.3. The molecular formula is C18H29N3O2. The Balaban J connectivity index is 1.52. The van der Waals surface area contributed by atoms with E-state index in [0.29, 0.717) is 13.2 Å². The van der Waals surface area contributed by atoms with Crippen molar-refractivity contribution in [3.05, 3.63) is 35.9 Å². The highest BCUT2D eigenvalue weighted by molar-refractivity contribution is 5.79. The summed E-state index contributed by atoms with van der Waals surface area (Å²) in [5.74, 6) is 1.70. The van der Waals surface area contributed by atoms with Gasteiger partial charge in [0, 0.05) is 33.8 Å². The lowest BCUT2D eigenvalue weighted by Crippen LogP contribution is -2.41. The lowest BCUT2D eigenvalue weighted by molar-refractivity contribution is 0.113. The molecule has 1 aliphatic carbocycles. The van der Waals surface area contributed by atoms with E-state index in [1.807, 2.05) is 25.2 Å². The van der Waals surface area contributed by atoms with Crippen LogP contribution in [0.3, 0.4) is 0 Å². The molecule has 0 heterocycles. The largest absolute Gasteiger partial charge is 0.379 e. The zero-order chi connectivity index (χ0) is 16.3. The number of hydrogen-bond acceptors (Lipinski definition) is 3. The number of guanidine groups is 1. The molecule has 0 spiro atoms. The average Bonchev–Trinajstić information content (AvgIpc) is 3.40. The first-order chi connectivity index (χ1) is 11.3. The van der Waals surface area contributed by atoms with Crippen LogP contribution in [0.2, 0.25) is 0 Å². The molecule has 5 heteroatoms. The van der Waals surface area contributed by atoms with E-state index in [0.717, 1.165) is 38.2 Å². The minimum Gasteiger partial charge on any atom is -0.379 e. The van der Waals surface area contributed by atoms with Gasteiger partial charge >= 0.3 is 0 Å². The Morgan fingerprint density at radius 3 is 2.70 bits per heavy atom. The van der Waals surface area contributed by atoms with Crippen LogP contribution in [0.1, 0.15) is 18.4 Å². The van der Waals surface area contributed by atoms with Crippen LogP contribution in [0.15, 0.2) is 35.3 Å². The van der Waals surface area contributed by atoms with Gasteiger partial charge in [-0.1, -0.05) is 30.3 Å². The molecule has 1 N–H and O–H groups in total. The molecule has 128 valence electrons. The molecule has 0 saturated heterocycles. The highest BCUT2D eigenvalue weighted by Gasteiger charge is 2.21. The van der Waals surface area contributed by atoms with Crippen molar-refractivity contribution in [3.8, 4) is 0 Å². The van der Waals surface area contributed by atoms with Crippen LogP contribution < -0.4 is 5.32 Å². The third-order valence-corrected chi connectivity index (χ3v) is 3.84. The van der Waals surface area contributed by atoms with Gasteiger partial charge in [-0.25, -0.2) is 0 Å². The first kappa shape index (κ1) is 17.8. The minimum absolute atomic E-state index is 0.645. The van der Waals surface area contributed by atoms with Gasteiger partial charge in [-0.15, -0.1) is 0 Å². The number of aliphatic imine (C=N–C) groups is 1. The molecule has 5 nitrogen and oxygen atoms in total. The number of nitrogens with zero attached hydrogens (tertiary/aromatic N) is 2. The van der Waals surface area contributed by atoms with Crippen molar-refractivity contribution in [2.75, 3.05) is 47.0 Å². The van der Waals surface area contributed by atoms with Crippen molar-refractivity contribution in [1.82, 2.24) is 10.2 Å². The van der Waals surface area contributed by atoms with Crippen LogP contribution in [0.5, 0.6) is 0 Å². The van der Waals surface area contributed by atoms with Gasteiger partial charge in [-0.2, -0.15) is 0 Å². The summed E-state index contributed by atoms with van der Waals surface area (Å²) in [5, 5.41) is 3.31. The van der Waals surface area contributed by atoms with E-state index in [-0.39, 0.29) is 0 Å². The number of benzene rings is 1. The molecule has 1 saturated carbocycles. The normalized spacial score (nSPS) is 14.8. The standard InChI is InChI=1S/C18H29N3O2/c1-19-18(21(2)11-13-23-15-17-8-9-17)20-10-12-22-14-16-6-4-3-5-7-16/h3-7,17H,8-15H2,1-2H3,(H,19,20). The zero-order valence-corrected chi connectivity index (χ0v) is 14.3. The summed E-state index contributed by atoms with van der Waals surface area (Å²) in [7, 11) is 3.83. The van der Waals surface area contributed by atoms with Crippen LogP contribution in [-0.4, -0.2) is 57.9 Å². The van der Waals surface area contributed by atoms with Gasteiger partial charge in [-0.3, -0.25) is 4.99 Å². The molecule has 0 amide bonds. The Morgan fingerprint density at radius 1 is 1.22 bits per heavy atom. The Kier molecular flexibility index (Phi) is 7.90. The summed E-state index contributed by atoms with van der Waals surface area (Å²) in [4.78, 5) is 6.38. The van der Waals surface area contributed by atoms with E-state index in [9.17, 15) is 0 Å². The van der Waals surface area contributed by atoms with Gasteiger partial charge in [0.25, 0.3) is 0 Å². The summed E-state index contributed by atoms with van der Waals surface area (Å²) in [6.07, 6.45) is 2.67. The summed E-state index contributed by atoms with van der Waals surface area (Å²) in [6.45, 7) is 4.54. The lowest BCUT2D eigenvalue weighted by Gasteiger charge is -2.22. The summed E-state index contributed by atoms with van der Waals surface area (Å²) >= 11 is 0. The Bertz CT molecular complexity index is 461. The second kappa shape index (κ2) is 10.2. The third kappa shape index (κ3) is 7.48. The number of hydrogen-bond donors (Lipinski definition) is 1. The van der Waals surface area contributed by atoms with E-state index >= 15 is 0 Å². The fourth-order valence-electron chi connectivity index (χ4n) is 2.23. The minimum atomic E-state index is 0.645. The van der Waals surface area contributed by atoms with Crippen LogP contribution in [0.4, 0.5) is 0 Å². The predicted octanol–water partition coefficient (Wildman–Crippen LogP) is 2.14. The third-order valence-electron chi connectivity index (χ3n) is 3.84. The Morgan fingerprint density at radius 2 is 2.00 bits per heavy atom.